The SMILES string of the molecule is CCCC[C@H](NC(=O)OCc1ccccc1)c1ncc(-c2ccc3cc(-c4ccc(-c5cnc([C@@H]6CC(F)(F)CN6C(=O)[C@@H](NC(=O)OC)[C@@H](C)OC)[nH]5)cc4)ccc3c2)[nH]1. The van der Waals surface area contributed by atoms with Gasteiger partial charge in [-0.05, 0) is 58.5 Å². The number of alkyl halides is 2. The fourth-order valence-corrected chi connectivity index (χ4v) is 7.51. The van der Waals surface area contributed by atoms with Crippen LogP contribution in [0.3, 0.4) is 0 Å². The molecule has 0 spiro atoms. The summed E-state index contributed by atoms with van der Waals surface area (Å²) in [7, 11) is 2.51. The summed E-state index contributed by atoms with van der Waals surface area (Å²) in [5.74, 6) is -3.02. The zero-order chi connectivity index (χ0) is 43.1. The summed E-state index contributed by atoms with van der Waals surface area (Å²) in [6.45, 7) is 3.01. The standard InChI is InChI=1S/C46H49F2N7O6/c1-5-6-12-36(53-45(58)61-26-29-10-8-7-9-11-29)41-49-25-38(51-41)35-20-19-33-21-32(17-18-34(33)22-35)30-13-15-31(16-14-30)37-24-50-42(52-37)39-23-46(47,48)27-55(39)43(56)40(28(2)59-3)54-44(57)60-4/h7-11,13-22,24-25,28,36,39-40H,5-6,12,23,26-27H2,1-4H3,(H,49,51)(H,50,52)(H,53,58)(H,54,57)/t28-,36+,39+,40+/m1/s1. The molecule has 6 aromatic rings. The van der Waals surface area contributed by atoms with E-state index in [2.05, 4.69) is 72.6 Å². The molecule has 15 heteroatoms. The van der Waals surface area contributed by atoms with E-state index in [-0.39, 0.29) is 18.5 Å². The zero-order valence-electron chi connectivity index (χ0n) is 34.4. The van der Waals surface area contributed by atoms with E-state index in [1.54, 1.807) is 19.3 Å². The van der Waals surface area contributed by atoms with Crippen molar-refractivity contribution in [2.45, 2.75) is 76.3 Å². The molecule has 61 heavy (non-hydrogen) atoms. The van der Waals surface area contributed by atoms with Gasteiger partial charge in [0.2, 0.25) is 5.91 Å². The summed E-state index contributed by atoms with van der Waals surface area (Å²) < 4.78 is 45.1. The number of carbonyl (C=O) groups excluding carboxylic acids is 3. The van der Waals surface area contributed by atoms with Gasteiger partial charge in [0.15, 0.2) is 0 Å². The molecule has 1 saturated heterocycles. The Hall–Kier alpha value is -6.61. The zero-order valence-corrected chi connectivity index (χ0v) is 34.4. The maximum atomic E-state index is 14.9. The molecule has 4 aromatic carbocycles. The van der Waals surface area contributed by atoms with Crippen LogP contribution >= 0.6 is 0 Å². The van der Waals surface area contributed by atoms with Crippen LogP contribution in [0.4, 0.5) is 18.4 Å². The number of methoxy groups -OCH3 is 2. The first-order valence-corrected chi connectivity index (χ1v) is 20.2. The first-order chi connectivity index (χ1) is 29.4. The van der Waals surface area contributed by atoms with Gasteiger partial charge in [0.1, 0.15) is 24.3 Å². The highest BCUT2D eigenvalue weighted by molar-refractivity contribution is 5.91. The third kappa shape index (κ3) is 10.1. The Morgan fingerprint density at radius 3 is 2.20 bits per heavy atom. The topological polar surface area (TPSA) is 164 Å². The number of unbranched alkanes of at least 4 members (excludes halogenated alkanes) is 1. The number of aromatic nitrogens is 4. The van der Waals surface area contributed by atoms with E-state index in [9.17, 15) is 23.2 Å². The number of nitrogens with one attached hydrogen (secondary N) is 4. The van der Waals surface area contributed by atoms with Crippen LogP contribution in [0.25, 0.3) is 44.4 Å². The Bertz CT molecular complexity index is 2460. The number of amides is 3. The number of hydrogen-bond donors (Lipinski definition) is 4. The average molecular weight is 834 g/mol. The average Bonchev–Trinajstić information content (AvgIpc) is 4.05. The predicted octanol–water partition coefficient (Wildman–Crippen LogP) is 9.11. The summed E-state index contributed by atoms with van der Waals surface area (Å²) >= 11 is 0. The van der Waals surface area contributed by atoms with Crippen LogP contribution in [0.1, 0.15) is 68.8 Å². The smallest absolute Gasteiger partial charge is 0.408 e. The molecule has 0 radical (unpaired) electrons. The molecule has 0 aliphatic carbocycles. The molecule has 3 heterocycles. The molecule has 0 bridgehead atoms. The minimum absolute atomic E-state index is 0.183. The molecule has 2 aromatic heterocycles. The van der Waals surface area contributed by atoms with Crippen molar-refractivity contribution in [3.05, 3.63) is 121 Å². The quantitative estimate of drug-likeness (QED) is 0.0796. The van der Waals surface area contributed by atoms with Gasteiger partial charge < -0.3 is 39.7 Å². The van der Waals surface area contributed by atoms with E-state index in [4.69, 9.17) is 9.47 Å². The van der Waals surface area contributed by atoms with Crippen molar-refractivity contribution in [3.8, 4) is 33.6 Å². The summed E-state index contributed by atoms with van der Waals surface area (Å²) in [5, 5.41) is 7.48. The van der Waals surface area contributed by atoms with Gasteiger partial charge in [0.05, 0.1) is 55.6 Å². The van der Waals surface area contributed by atoms with E-state index in [1.165, 1.54) is 7.11 Å². The van der Waals surface area contributed by atoms with Gasteiger partial charge >= 0.3 is 12.2 Å². The van der Waals surface area contributed by atoms with Crippen LogP contribution in [0.5, 0.6) is 0 Å². The van der Waals surface area contributed by atoms with Crippen molar-refractivity contribution < 1.29 is 37.4 Å². The normalized spacial score (nSPS) is 16.2. The minimum Gasteiger partial charge on any atom is -0.453 e. The van der Waals surface area contributed by atoms with E-state index < -0.39 is 55.2 Å². The second kappa shape index (κ2) is 18.8. The molecular weight excluding hydrogens is 785 g/mol. The molecule has 4 atom stereocenters. The number of carbonyl (C=O) groups is 3. The minimum atomic E-state index is -3.16. The van der Waals surface area contributed by atoms with Crippen molar-refractivity contribution in [1.29, 1.82) is 0 Å². The van der Waals surface area contributed by atoms with Gasteiger partial charge in [-0.2, -0.15) is 0 Å². The van der Waals surface area contributed by atoms with Crippen LogP contribution < -0.4 is 10.6 Å². The lowest BCUT2D eigenvalue weighted by Crippen LogP contribution is -2.54. The number of imidazole rings is 2. The number of ether oxygens (including phenoxy) is 3. The maximum Gasteiger partial charge on any atom is 0.408 e. The van der Waals surface area contributed by atoms with E-state index >= 15 is 0 Å². The first kappa shape index (κ1) is 42.5. The van der Waals surface area contributed by atoms with E-state index in [0.29, 0.717) is 17.9 Å². The van der Waals surface area contributed by atoms with Gasteiger partial charge in [-0.25, -0.2) is 28.3 Å². The van der Waals surface area contributed by atoms with Crippen LogP contribution in [0.2, 0.25) is 0 Å². The first-order valence-electron chi connectivity index (χ1n) is 20.2. The number of likely N-dealkylation sites (tertiary alicyclic amines) is 1. The monoisotopic (exact) mass is 833 g/mol. The van der Waals surface area contributed by atoms with Crippen LogP contribution in [0.15, 0.2) is 103 Å². The molecule has 1 aliphatic heterocycles. The maximum absolute atomic E-state index is 14.9. The molecule has 318 valence electrons. The molecule has 3 amide bonds. The Morgan fingerprint density at radius 1 is 0.836 bits per heavy atom. The van der Waals surface area contributed by atoms with Crippen LogP contribution in [-0.2, 0) is 25.6 Å². The number of aromatic amines is 2. The van der Waals surface area contributed by atoms with Crippen LogP contribution in [0, 0.1) is 0 Å². The lowest BCUT2D eigenvalue weighted by atomic mass is 9.98. The van der Waals surface area contributed by atoms with Gasteiger partial charge in [-0.3, -0.25) is 4.79 Å². The van der Waals surface area contributed by atoms with Crippen molar-refractivity contribution in [3.63, 3.8) is 0 Å². The van der Waals surface area contributed by atoms with Gasteiger partial charge in [0, 0.05) is 19.1 Å². The molecule has 1 aliphatic rings. The number of hydrogen-bond acceptors (Lipinski definition) is 8. The summed E-state index contributed by atoms with van der Waals surface area (Å²) in [5.41, 5.74) is 6.07. The van der Waals surface area contributed by atoms with E-state index in [0.717, 1.165) is 69.1 Å². The Balaban J connectivity index is 1.03. The van der Waals surface area contributed by atoms with Crippen molar-refractivity contribution in [2.24, 2.45) is 0 Å². The Labute approximate surface area is 352 Å². The third-order valence-electron chi connectivity index (χ3n) is 11.0. The number of halogens is 2. The predicted molar refractivity (Wildman–Crippen MR) is 226 cm³/mol. The highest BCUT2D eigenvalue weighted by Gasteiger charge is 2.50. The molecule has 1 fully saturated rings. The van der Waals surface area contributed by atoms with Crippen molar-refractivity contribution in [1.82, 2.24) is 35.5 Å². The number of alkyl carbamates (subject to hydrolysis) is 2. The second-order valence-corrected chi connectivity index (χ2v) is 15.2. The Kier molecular flexibility index (Phi) is 13.1. The largest absolute Gasteiger partial charge is 0.453 e. The Morgan fingerprint density at radius 2 is 1.49 bits per heavy atom. The second-order valence-electron chi connectivity index (χ2n) is 15.2. The fraction of sp³-hybridized carbons (Fsp3) is 0.326. The highest BCUT2D eigenvalue weighted by Crippen LogP contribution is 2.41. The van der Waals surface area contributed by atoms with Gasteiger partial charge in [-0.1, -0.05) is 98.6 Å². The summed E-state index contributed by atoms with van der Waals surface area (Å²) in [6, 6.07) is 27.1. The van der Waals surface area contributed by atoms with Crippen molar-refractivity contribution >= 4 is 28.9 Å². The number of rotatable bonds is 15. The van der Waals surface area contributed by atoms with Crippen LogP contribution in [-0.4, -0.2) is 81.8 Å². The molecule has 4 N–H and O–H groups in total. The highest BCUT2D eigenvalue weighted by atomic mass is 19.3. The summed E-state index contributed by atoms with van der Waals surface area (Å²) in [6.07, 6.45) is 3.12. The van der Waals surface area contributed by atoms with Gasteiger partial charge in [-0.15, -0.1) is 0 Å². The molecule has 0 saturated carbocycles. The number of fused-ring (bicyclic) bond motifs is 1. The van der Waals surface area contributed by atoms with Crippen molar-refractivity contribution in [2.75, 3.05) is 20.8 Å². The molecule has 13 nitrogen and oxygen atoms in total. The summed E-state index contributed by atoms with van der Waals surface area (Å²) in [4.78, 5) is 55.0. The molecule has 0 unspecified atom stereocenters. The number of H-pyrrole nitrogens is 2. The van der Waals surface area contributed by atoms with Gasteiger partial charge in [0.25, 0.3) is 5.92 Å². The van der Waals surface area contributed by atoms with E-state index in [1.807, 2.05) is 60.7 Å². The molecule has 7 rings (SSSR count). The number of nitrogens with zero attached hydrogens (tertiary/aromatic N) is 3. The number of benzene rings is 4. The lowest BCUT2D eigenvalue weighted by molar-refractivity contribution is -0.138. The third-order valence-corrected chi connectivity index (χ3v) is 11.0. The molecular formula is C46H49F2N7O6. The lowest BCUT2D eigenvalue weighted by Gasteiger charge is -2.30. The fourth-order valence-electron chi connectivity index (χ4n) is 7.51.